The standard InChI is InChI=1S/C23H28N4OS2/c1-19-2-5-21(29-19)8-9-23(16-26-11-10-24-17-26)30-22-6-3-20(4-7-22)27-14-12-25(18-28)13-15-27/h2-7,10-11,17-18,23H,8-9,12-16H2,1H3. The van der Waals surface area contributed by atoms with E-state index in [9.17, 15) is 4.79 Å². The summed E-state index contributed by atoms with van der Waals surface area (Å²) in [5, 5.41) is 0.489. The number of piperazine rings is 1. The second-order valence-electron chi connectivity index (χ2n) is 7.67. The Morgan fingerprint density at radius 3 is 2.57 bits per heavy atom. The Labute approximate surface area is 186 Å². The average molecular weight is 441 g/mol. The first kappa shape index (κ1) is 21.0. The van der Waals surface area contributed by atoms with Gasteiger partial charge in [-0.15, -0.1) is 23.1 Å². The van der Waals surface area contributed by atoms with E-state index in [4.69, 9.17) is 0 Å². The van der Waals surface area contributed by atoms with Gasteiger partial charge in [-0.2, -0.15) is 0 Å². The van der Waals surface area contributed by atoms with Gasteiger partial charge in [0.1, 0.15) is 0 Å². The molecule has 3 aromatic rings. The average Bonchev–Trinajstić information content (AvgIpc) is 3.44. The number of thioether (sulfide) groups is 1. The third-order valence-electron chi connectivity index (χ3n) is 5.45. The number of hydrogen-bond donors (Lipinski definition) is 0. The first-order valence-corrected chi connectivity index (χ1v) is 12.1. The first-order valence-electron chi connectivity index (χ1n) is 10.4. The number of aryl methyl sites for hydroxylation is 2. The molecule has 1 aliphatic rings. The van der Waals surface area contributed by atoms with Gasteiger partial charge < -0.3 is 14.4 Å². The predicted molar refractivity (Wildman–Crippen MR) is 126 cm³/mol. The maximum absolute atomic E-state index is 10.9. The van der Waals surface area contributed by atoms with Crippen LogP contribution in [0.25, 0.3) is 0 Å². The lowest BCUT2D eigenvalue weighted by molar-refractivity contribution is -0.118. The zero-order chi connectivity index (χ0) is 20.8. The van der Waals surface area contributed by atoms with Gasteiger partial charge in [-0.1, -0.05) is 0 Å². The number of benzene rings is 1. The summed E-state index contributed by atoms with van der Waals surface area (Å²) in [5.74, 6) is 0. The highest BCUT2D eigenvalue weighted by molar-refractivity contribution is 8.00. The molecular weight excluding hydrogens is 412 g/mol. The quantitative estimate of drug-likeness (QED) is 0.367. The van der Waals surface area contributed by atoms with E-state index in [2.05, 4.69) is 57.8 Å². The smallest absolute Gasteiger partial charge is 0.209 e. The van der Waals surface area contributed by atoms with Crippen LogP contribution in [0.2, 0.25) is 0 Å². The molecule has 4 rings (SSSR count). The molecule has 1 saturated heterocycles. The molecule has 1 amide bonds. The number of nitrogens with zero attached hydrogens (tertiary/aromatic N) is 4. The van der Waals surface area contributed by atoms with Crippen LogP contribution in [0.15, 0.2) is 60.0 Å². The monoisotopic (exact) mass is 440 g/mol. The fourth-order valence-corrected chi connectivity index (χ4v) is 5.82. The van der Waals surface area contributed by atoms with Crippen molar-refractivity contribution in [2.75, 3.05) is 31.1 Å². The minimum Gasteiger partial charge on any atom is -0.368 e. The fraction of sp³-hybridized carbons (Fsp3) is 0.391. The van der Waals surface area contributed by atoms with Crippen molar-refractivity contribution in [3.63, 3.8) is 0 Å². The van der Waals surface area contributed by atoms with Crippen molar-refractivity contribution in [3.8, 4) is 0 Å². The van der Waals surface area contributed by atoms with E-state index in [-0.39, 0.29) is 0 Å². The van der Waals surface area contributed by atoms with E-state index in [1.807, 2.05) is 46.7 Å². The Balaban J connectivity index is 1.38. The molecule has 0 radical (unpaired) electrons. The summed E-state index contributed by atoms with van der Waals surface area (Å²) in [5.41, 5.74) is 1.24. The third-order valence-corrected chi connectivity index (χ3v) is 7.77. The van der Waals surface area contributed by atoms with Crippen LogP contribution in [0.3, 0.4) is 0 Å². The Bertz CT molecular complexity index is 915. The molecule has 1 unspecified atom stereocenters. The summed E-state index contributed by atoms with van der Waals surface area (Å²) in [6.45, 7) is 6.53. The zero-order valence-corrected chi connectivity index (χ0v) is 18.9. The van der Waals surface area contributed by atoms with Gasteiger partial charge in [0.05, 0.1) is 6.33 Å². The summed E-state index contributed by atoms with van der Waals surface area (Å²) >= 11 is 3.86. The van der Waals surface area contributed by atoms with Crippen molar-refractivity contribution in [2.45, 2.75) is 36.5 Å². The molecule has 0 bridgehead atoms. The van der Waals surface area contributed by atoms with Crippen molar-refractivity contribution < 1.29 is 4.79 Å². The molecule has 3 heterocycles. The molecule has 1 aromatic carbocycles. The number of aromatic nitrogens is 2. The van der Waals surface area contributed by atoms with Gasteiger partial charge in [0.25, 0.3) is 0 Å². The number of thiophene rings is 1. The topological polar surface area (TPSA) is 41.4 Å². The van der Waals surface area contributed by atoms with Crippen LogP contribution in [-0.4, -0.2) is 52.3 Å². The van der Waals surface area contributed by atoms with E-state index >= 15 is 0 Å². The number of imidazole rings is 1. The number of carbonyl (C=O) groups is 1. The van der Waals surface area contributed by atoms with Crippen LogP contribution in [0.4, 0.5) is 5.69 Å². The minimum atomic E-state index is 0.489. The number of hydrogen-bond acceptors (Lipinski definition) is 5. The highest BCUT2D eigenvalue weighted by Gasteiger charge is 2.17. The molecule has 1 fully saturated rings. The molecule has 7 heteroatoms. The molecule has 0 aliphatic carbocycles. The first-order chi connectivity index (χ1) is 14.7. The van der Waals surface area contributed by atoms with Crippen LogP contribution >= 0.6 is 23.1 Å². The number of amides is 1. The van der Waals surface area contributed by atoms with Gasteiger partial charge in [-0.25, -0.2) is 4.98 Å². The maximum Gasteiger partial charge on any atom is 0.209 e. The zero-order valence-electron chi connectivity index (χ0n) is 17.3. The number of anilines is 1. The molecule has 5 nitrogen and oxygen atoms in total. The number of carbonyl (C=O) groups excluding carboxylic acids is 1. The summed E-state index contributed by atoms with van der Waals surface area (Å²) in [6, 6.07) is 13.4. The van der Waals surface area contributed by atoms with Crippen LogP contribution < -0.4 is 4.90 Å². The van der Waals surface area contributed by atoms with E-state index in [0.29, 0.717) is 5.25 Å². The van der Waals surface area contributed by atoms with Crippen LogP contribution in [0.1, 0.15) is 16.2 Å². The molecule has 1 aliphatic heterocycles. The van der Waals surface area contributed by atoms with E-state index in [0.717, 1.165) is 52.0 Å². The van der Waals surface area contributed by atoms with Crippen LogP contribution in [-0.2, 0) is 17.8 Å². The molecular formula is C23H28N4OS2. The highest BCUT2D eigenvalue weighted by atomic mass is 32.2. The van der Waals surface area contributed by atoms with Crippen molar-refractivity contribution >= 4 is 35.2 Å². The Morgan fingerprint density at radius 1 is 1.13 bits per heavy atom. The molecule has 30 heavy (non-hydrogen) atoms. The lowest BCUT2D eigenvalue weighted by Crippen LogP contribution is -2.45. The SMILES string of the molecule is Cc1ccc(CCC(Cn2ccnc2)Sc2ccc(N3CCN(C=O)CC3)cc2)s1. The van der Waals surface area contributed by atoms with Gasteiger partial charge in [-0.3, -0.25) is 4.79 Å². The molecule has 0 spiro atoms. The minimum absolute atomic E-state index is 0.489. The second kappa shape index (κ2) is 10.2. The van der Waals surface area contributed by atoms with Gasteiger partial charge in [0, 0.05) is 70.7 Å². The molecule has 2 aromatic heterocycles. The van der Waals surface area contributed by atoms with Crippen molar-refractivity contribution in [3.05, 3.63) is 64.9 Å². The second-order valence-corrected chi connectivity index (χ2v) is 10.4. The summed E-state index contributed by atoms with van der Waals surface area (Å²) < 4.78 is 2.18. The molecule has 0 saturated carbocycles. The summed E-state index contributed by atoms with van der Waals surface area (Å²) in [6.07, 6.45) is 9.01. The fourth-order valence-electron chi connectivity index (χ4n) is 3.75. The van der Waals surface area contributed by atoms with Crippen LogP contribution in [0.5, 0.6) is 0 Å². The van der Waals surface area contributed by atoms with Crippen molar-refractivity contribution in [2.24, 2.45) is 0 Å². The molecule has 0 N–H and O–H groups in total. The Hall–Kier alpha value is -2.25. The Morgan fingerprint density at radius 2 is 1.93 bits per heavy atom. The van der Waals surface area contributed by atoms with E-state index in [1.54, 1.807) is 0 Å². The number of rotatable bonds is 9. The molecule has 1 atom stereocenters. The van der Waals surface area contributed by atoms with E-state index in [1.165, 1.54) is 20.3 Å². The van der Waals surface area contributed by atoms with Gasteiger partial charge >= 0.3 is 0 Å². The third kappa shape index (κ3) is 5.67. The van der Waals surface area contributed by atoms with Gasteiger partial charge in [0.15, 0.2) is 0 Å². The van der Waals surface area contributed by atoms with E-state index < -0.39 is 0 Å². The lowest BCUT2D eigenvalue weighted by Gasteiger charge is -2.34. The lowest BCUT2D eigenvalue weighted by atomic mass is 10.2. The summed E-state index contributed by atoms with van der Waals surface area (Å²) in [7, 11) is 0. The molecule has 158 valence electrons. The van der Waals surface area contributed by atoms with Crippen molar-refractivity contribution in [1.29, 1.82) is 0 Å². The van der Waals surface area contributed by atoms with Crippen LogP contribution in [0, 0.1) is 6.92 Å². The Kier molecular flexibility index (Phi) is 7.12. The van der Waals surface area contributed by atoms with Crippen molar-refractivity contribution in [1.82, 2.24) is 14.5 Å². The van der Waals surface area contributed by atoms with Gasteiger partial charge in [0.2, 0.25) is 6.41 Å². The largest absolute Gasteiger partial charge is 0.368 e. The predicted octanol–water partition coefficient (Wildman–Crippen LogP) is 4.33. The highest BCUT2D eigenvalue weighted by Crippen LogP contribution is 2.30. The normalized spacial score (nSPS) is 15.4. The maximum atomic E-state index is 10.9. The van der Waals surface area contributed by atoms with Gasteiger partial charge in [-0.05, 0) is 56.2 Å². The summed E-state index contributed by atoms with van der Waals surface area (Å²) in [4.78, 5) is 23.5.